The highest BCUT2D eigenvalue weighted by Crippen LogP contribution is 2.06. The molecule has 0 aliphatic carbocycles. The maximum Gasteiger partial charge on any atom is 0.330 e. The lowest BCUT2D eigenvalue weighted by Crippen LogP contribution is -2.22. The van der Waals surface area contributed by atoms with Crippen LogP contribution in [0.5, 0.6) is 0 Å². The molecule has 0 radical (unpaired) electrons. The maximum atomic E-state index is 10.5. The average Bonchev–Trinajstić information content (AvgIpc) is 1.82. The molecule has 0 saturated carbocycles. The molecular formula is C10H18O3. The molecule has 0 rings (SSSR count). The number of carbonyl (C=O) groups is 2. The average molecular weight is 186 g/mol. The first kappa shape index (κ1) is 14.4. The Hall–Kier alpha value is -1.12. The summed E-state index contributed by atoms with van der Waals surface area (Å²) in [6.45, 7) is 11.8. The zero-order valence-electron chi connectivity index (χ0n) is 9.01. The molecule has 0 aliphatic rings. The molecule has 76 valence electrons. The van der Waals surface area contributed by atoms with Gasteiger partial charge in [-0.05, 0) is 34.6 Å². The monoisotopic (exact) mass is 186 g/mol. The van der Waals surface area contributed by atoms with E-state index in [9.17, 15) is 9.59 Å². The first-order chi connectivity index (χ1) is 5.69. The normalized spacial score (nSPS) is 9.31. The molecule has 3 heteroatoms. The molecule has 0 heterocycles. The first-order valence-electron chi connectivity index (χ1n) is 4.01. The van der Waals surface area contributed by atoms with Gasteiger partial charge in [0, 0.05) is 6.08 Å². The lowest BCUT2D eigenvalue weighted by molar-refractivity contribution is -0.148. The number of carbonyl (C=O) groups excluding carboxylic acids is 2. The maximum absolute atomic E-state index is 10.5. The number of Topliss-reactive ketones (excluding diaryl/α,β-unsaturated/α-hetero) is 1. The van der Waals surface area contributed by atoms with E-state index in [1.807, 2.05) is 20.8 Å². The van der Waals surface area contributed by atoms with Crippen LogP contribution in [0.2, 0.25) is 0 Å². The number of rotatable bonds is 1. The van der Waals surface area contributed by atoms with Crippen LogP contribution in [0.4, 0.5) is 0 Å². The molecule has 0 N–H and O–H groups in total. The molecule has 0 aromatic heterocycles. The minimum absolute atomic E-state index is 0.167. The van der Waals surface area contributed by atoms with Crippen LogP contribution >= 0.6 is 0 Å². The van der Waals surface area contributed by atoms with Crippen molar-refractivity contribution in [3.8, 4) is 0 Å². The molecule has 3 nitrogen and oxygen atoms in total. The molecule has 0 unspecified atom stereocenters. The van der Waals surface area contributed by atoms with Gasteiger partial charge >= 0.3 is 5.97 Å². The number of ether oxygens (including phenoxy) is 1. The van der Waals surface area contributed by atoms with Crippen LogP contribution in [0.3, 0.4) is 0 Å². The summed E-state index contributed by atoms with van der Waals surface area (Å²) in [4.78, 5) is 19.9. The second-order valence-corrected chi connectivity index (χ2v) is 3.65. The van der Waals surface area contributed by atoms with Crippen molar-refractivity contribution in [3.05, 3.63) is 12.7 Å². The van der Waals surface area contributed by atoms with Gasteiger partial charge in [0.15, 0.2) is 0 Å². The van der Waals surface area contributed by atoms with E-state index in [-0.39, 0.29) is 11.8 Å². The van der Waals surface area contributed by atoms with Crippen molar-refractivity contribution < 1.29 is 14.3 Å². The zero-order valence-corrected chi connectivity index (χ0v) is 9.01. The lowest BCUT2D eigenvalue weighted by Gasteiger charge is -2.17. The van der Waals surface area contributed by atoms with E-state index >= 15 is 0 Å². The fourth-order valence-corrected chi connectivity index (χ4v) is 0.343. The number of ketones is 1. The standard InChI is InChI=1S/C7H12O2.C3H6O/c1-5-6(8)9-7(2,3)4;1-3(2)4/h5H,1H2,2-4H3;1-2H3. The highest BCUT2D eigenvalue weighted by Gasteiger charge is 2.12. The van der Waals surface area contributed by atoms with Gasteiger partial charge < -0.3 is 9.53 Å². The van der Waals surface area contributed by atoms with E-state index < -0.39 is 5.60 Å². The largest absolute Gasteiger partial charge is 0.457 e. The van der Waals surface area contributed by atoms with E-state index in [1.165, 1.54) is 13.8 Å². The first-order valence-corrected chi connectivity index (χ1v) is 4.01. The highest BCUT2D eigenvalue weighted by molar-refractivity contribution is 5.81. The van der Waals surface area contributed by atoms with Gasteiger partial charge in [0.25, 0.3) is 0 Å². The van der Waals surface area contributed by atoms with Crippen LogP contribution in [-0.2, 0) is 14.3 Å². The molecule has 0 atom stereocenters. The minimum atomic E-state index is -0.398. The second-order valence-electron chi connectivity index (χ2n) is 3.65. The van der Waals surface area contributed by atoms with Crippen molar-refractivity contribution in [1.29, 1.82) is 0 Å². The molecule has 0 bridgehead atoms. The van der Waals surface area contributed by atoms with Crippen LogP contribution < -0.4 is 0 Å². The fraction of sp³-hybridized carbons (Fsp3) is 0.600. The van der Waals surface area contributed by atoms with Gasteiger partial charge in [-0.3, -0.25) is 0 Å². The van der Waals surface area contributed by atoms with Gasteiger partial charge in [-0.1, -0.05) is 6.58 Å². The fourth-order valence-electron chi connectivity index (χ4n) is 0.343. The van der Waals surface area contributed by atoms with E-state index in [4.69, 9.17) is 4.74 Å². The summed E-state index contributed by atoms with van der Waals surface area (Å²) in [6, 6.07) is 0. The summed E-state index contributed by atoms with van der Waals surface area (Å²) in [5.41, 5.74) is -0.398. The van der Waals surface area contributed by atoms with Gasteiger partial charge in [-0.25, -0.2) is 4.79 Å². The van der Waals surface area contributed by atoms with Crippen molar-refractivity contribution >= 4 is 11.8 Å². The molecule has 0 saturated heterocycles. The van der Waals surface area contributed by atoms with Crippen molar-refractivity contribution in [2.45, 2.75) is 40.2 Å². The molecule has 0 spiro atoms. The van der Waals surface area contributed by atoms with Crippen molar-refractivity contribution in [3.63, 3.8) is 0 Å². The Morgan fingerprint density at radius 1 is 1.23 bits per heavy atom. The van der Waals surface area contributed by atoms with Gasteiger partial charge in [-0.2, -0.15) is 0 Å². The van der Waals surface area contributed by atoms with Gasteiger partial charge in [0.1, 0.15) is 11.4 Å². The summed E-state index contributed by atoms with van der Waals surface area (Å²) in [5, 5.41) is 0. The Morgan fingerprint density at radius 3 is 1.62 bits per heavy atom. The smallest absolute Gasteiger partial charge is 0.330 e. The SMILES string of the molecule is C=CC(=O)OC(C)(C)C.CC(C)=O. The highest BCUT2D eigenvalue weighted by atomic mass is 16.6. The van der Waals surface area contributed by atoms with Crippen LogP contribution in [0.15, 0.2) is 12.7 Å². The quantitative estimate of drug-likeness (QED) is 0.465. The number of hydrogen-bond donors (Lipinski definition) is 0. The van der Waals surface area contributed by atoms with Gasteiger partial charge in [0.05, 0.1) is 0 Å². The third-order valence-corrected chi connectivity index (χ3v) is 0.573. The molecular weight excluding hydrogens is 168 g/mol. The Bertz CT molecular complexity index is 183. The zero-order chi connectivity index (χ0) is 11.1. The molecule has 0 aromatic carbocycles. The summed E-state index contributed by atoms with van der Waals surface area (Å²) in [7, 11) is 0. The Kier molecular flexibility index (Phi) is 7.09. The lowest BCUT2D eigenvalue weighted by atomic mass is 10.2. The molecule has 13 heavy (non-hydrogen) atoms. The van der Waals surface area contributed by atoms with Crippen LogP contribution in [-0.4, -0.2) is 17.4 Å². The Balaban J connectivity index is 0. The Labute approximate surface area is 79.8 Å². The van der Waals surface area contributed by atoms with E-state index in [0.717, 1.165) is 6.08 Å². The number of hydrogen-bond acceptors (Lipinski definition) is 3. The predicted octanol–water partition coefficient (Wildman–Crippen LogP) is 2.11. The van der Waals surface area contributed by atoms with Crippen LogP contribution in [0, 0.1) is 0 Å². The van der Waals surface area contributed by atoms with Gasteiger partial charge in [-0.15, -0.1) is 0 Å². The predicted molar refractivity (Wildman–Crippen MR) is 52.4 cm³/mol. The summed E-state index contributed by atoms with van der Waals surface area (Å²) in [6.07, 6.45) is 1.16. The third kappa shape index (κ3) is 24.8. The summed E-state index contributed by atoms with van der Waals surface area (Å²) < 4.78 is 4.83. The summed E-state index contributed by atoms with van der Waals surface area (Å²) >= 11 is 0. The minimum Gasteiger partial charge on any atom is -0.457 e. The molecule has 0 aliphatic heterocycles. The molecule has 0 amide bonds. The van der Waals surface area contributed by atoms with Gasteiger partial charge in [0.2, 0.25) is 0 Å². The van der Waals surface area contributed by atoms with Crippen LogP contribution in [0.25, 0.3) is 0 Å². The van der Waals surface area contributed by atoms with Crippen molar-refractivity contribution in [2.24, 2.45) is 0 Å². The van der Waals surface area contributed by atoms with E-state index in [2.05, 4.69) is 6.58 Å². The molecule has 0 aromatic rings. The van der Waals surface area contributed by atoms with Crippen molar-refractivity contribution in [1.82, 2.24) is 0 Å². The van der Waals surface area contributed by atoms with Crippen LogP contribution in [0.1, 0.15) is 34.6 Å². The summed E-state index contributed by atoms with van der Waals surface area (Å²) in [5.74, 6) is -0.206. The van der Waals surface area contributed by atoms with E-state index in [0.29, 0.717) is 0 Å². The molecule has 0 fully saturated rings. The Morgan fingerprint density at radius 2 is 1.54 bits per heavy atom. The topological polar surface area (TPSA) is 43.4 Å². The second kappa shape index (κ2) is 6.40. The van der Waals surface area contributed by atoms with E-state index in [1.54, 1.807) is 0 Å². The number of esters is 1. The third-order valence-electron chi connectivity index (χ3n) is 0.573. The van der Waals surface area contributed by atoms with Crippen molar-refractivity contribution in [2.75, 3.05) is 0 Å².